The molecule has 154 valence electrons. The lowest BCUT2D eigenvalue weighted by Crippen LogP contribution is -2.31. The molecule has 6 nitrogen and oxygen atoms in total. The molecule has 0 spiro atoms. The second kappa shape index (κ2) is 7.79. The number of nitrogens with one attached hydrogen (secondary N) is 1. The van der Waals surface area contributed by atoms with Gasteiger partial charge in [-0.25, -0.2) is 4.98 Å². The van der Waals surface area contributed by atoms with E-state index < -0.39 is 0 Å². The van der Waals surface area contributed by atoms with Crippen molar-refractivity contribution < 1.29 is 9.59 Å². The van der Waals surface area contributed by atoms with E-state index in [1.165, 1.54) is 28.0 Å². The molecule has 2 amide bonds. The second-order valence-electron chi connectivity index (χ2n) is 7.22. The Morgan fingerprint density at radius 2 is 1.65 bits per heavy atom. The first-order chi connectivity index (χ1) is 15.0. The Hall–Kier alpha value is -3.23. The average molecular weight is 448 g/mol. The molecule has 0 fully saturated rings. The number of thiophene rings is 1. The Kier molecular flexibility index (Phi) is 4.95. The summed E-state index contributed by atoms with van der Waals surface area (Å²) in [5, 5.41) is 3.01. The monoisotopic (exact) mass is 447 g/mol. The number of aryl methyl sites for hydroxylation is 1. The lowest BCUT2D eigenvalue weighted by Gasteiger charge is -2.12. The number of aromatic amines is 1. The summed E-state index contributed by atoms with van der Waals surface area (Å²) in [6, 6.07) is 14.9. The Bertz CT molecular complexity index is 1350. The van der Waals surface area contributed by atoms with Gasteiger partial charge in [0.25, 0.3) is 17.4 Å². The van der Waals surface area contributed by atoms with E-state index in [9.17, 15) is 14.4 Å². The minimum absolute atomic E-state index is 0.190. The van der Waals surface area contributed by atoms with Crippen molar-refractivity contribution in [2.75, 3.05) is 12.3 Å². The van der Waals surface area contributed by atoms with E-state index in [1.807, 2.05) is 36.6 Å². The molecule has 8 heteroatoms. The Labute approximate surface area is 185 Å². The van der Waals surface area contributed by atoms with Crippen LogP contribution >= 0.6 is 23.1 Å². The zero-order chi connectivity index (χ0) is 21.5. The van der Waals surface area contributed by atoms with Gasteiger partial charge < -0.3 is 4.98 Å². The fourth-order valence-corrected chi connectivity index (χ4v) is 5.41. The maximum absolute atomic E-state index is 12.8. The molecule has 3 heterocycles. The molecule has 0 bridgehead atoms. The number of carbonyl (C=O) groups is 2. The topological polar surface area (TPSA) is 83.1 Å². The SMILES string of the molecule is Cc1ccc(-c2csc3nc(SCCN4C(=O)c5ccccc5C4=O)[nH]c(=O)c23)cc1. The largest absolute Gasteiger partial charge is 0.301 e. The number of hydrogen-bond donors (Lipinski definition) is 1. The van der Waals surface area contributed by atoms with Crippen molar-refractivity contribution in [1.29, 1.82) is 0 Å². The first kappa shape index (κ1) is 19.7. The maximum Gasteiger partial charge on any atom is 0.261 e. The van der Waals surface area contributed by atoms with Gasteiger partial charge in [-0.3, -0.25) is 19.3 Å². The summed E-state index contributed by atoms with van der Waals surface area (Å²) in [4.78, 5) is 47.0. The van der Waals surface area contributed by atoms with Crippen LogP contribution < -0.4 is 5.56 Å². The van der Waals surface area contributed by atoms with Gasteiger partial charge >= 0.3 is 0 Å². The number of rotatable bonds is 5. The molecule has 5 rings (SSSR count). The van der Waals surface area contributed by atoms with Crippen LogP contribution in [0.1, 0.15) is 26.3 Å². The third-order valence-electron chi connectivity index (χ3n) is 5.22. The zero-order valence-electron chi connectivity index (χ0n) is 16.5. The molecule has 0 radical (unpaired) electrons. The Morgan fingerprint density at radius 3 is 2.32 bits per heavy atom. The van der Waals surface area contributed by atoms with E-state index in [2.05, 4.69) is 9.97 Å². The van der Waals surface area contributed by atoms with E-state index in [4.69, 9.17) is 0 Å². The molecule has 0 saturated carbocycles. The quantitative estimate of drug-likeness (QED) is 0.279. The average Bonchev–Trinajstić information content (AvgIpc) is 3.30. The molecule has 0 atom stereocenters. The second-order valence-corrected chi connectivity index (χ2v) is 9.16. The van der Waals surface area contributed by atoms with Crippen molar-refractivity contribution in [2.45, 2.75) is 12.1 Å². The predicted molar refractivity (Wildman–Crippen MR) is 123 cm³/mol. The lowest BCUT2D eigenvalue weighted by atomic mass is 10.1. The minimum atomic E-state index is -0.279. The molecule has 2 aromatic carbocycles. The third kappa shape index (κ3) is 3.47. The van der Waals surface area contributed by atoms with Crippen LogP contribution in [0.3, 0.4) is 0 Å². The van der Waals surface area contributed by atoms with Crippen LogP contribution in [-0.4, -0.2) is 39.0 Å². The van der Waals surface area contributed by atoms with E-state index in [0.29, 0.717) is 32.3 Å². The number of H-pyrrole nitrogens is 1. The van der Waals surface area contributed by atoms with Crippen molar-refractivity contribution in [3.05, 3.63) is 81.0 Å². The Balaban J connectivity index is 1.33. The summed E-state index contributed by atoms with van der Waals surface area (Å²) in [6.07, 6.45) is 0. The standard InChI is InChI=1S/C23H17N3O3S2/c1-13-6-8-14(9-7-13)17-12-31-20-18(17)19(27)24-23(25-20)30-11-10-26-21(28)15-4-2-3-5-16(15)22(26)29/h2-9,12H,10-11H2,1H3,(H,24,25,27). The van der Waals surface area contributed by atoms with Gasteiger partial charge in [0, 0.05) is 23.2 Å². The normalized spacial score (nSPS) is 13.3. The van der Waals surface area contributed by atoms with Gasteiger partial charge in [-0.15, -0.1) is 11.3 Å². The van der Waals surface area contributed by atoms with Crippen LogP contribution in [0.15, 0.2) is 63.9 Å². The number of carbonyl (C=O) groups excluding carboxylic acids is 2. The smallest absolute Gasteiger partial charge is 0.261 e. The fourth-order valence-electron chi connectivity index (χ4n) is 3.62. The number of fused-ring (bicyclic) bond motifs is 2. The maximum atomic E-state index is 12.8. The van der Waals surface area contributed by atoms with E-state index >= 15 is 0 Å². The highest BCUT2D eigenvalue weighted by atomic mass is 32.2. The third-order valence-corrected chi connectivity index (χ3v) is 6.94. The summed E-state index contributed by atoms with van der Waals surface area (Å²) < 4.78 is 0. The van der Waals surface area contributed by atoms with Crippen LogP contribution in [0, 0.1) is 6.92 Å². The summed E-state index contributed by atoms with van der Waals surface area (Å²) in [5.74, 6) is -0.117. The van der Waals surface area contributed by atoms with Crippen LogP contribution in [0.5, 0.6) is 0 Å². The molecular weight excluding hydrogens is 430 g/mol. The number of thioether (sulfide) groups is 1. The van der Waals surface area contributed by atoms with Crippen molar-refractivity contribution >= 4 is 45.1 Å². The number of nitrogens with zero attached hydrogens (tertiary/aromatic N) is 2. The molecule has 0 aliphatic carbocycles. The van der Waals surface area contributed by atoms with Gasteiger partial charge in [0.2, 0.25) is 0 Å². The highest BCUT2D eigenvalue weighted by Gasteiger charge is 2.34. The molecule has 0 saturated heterocycles. The van der Waals surface area contributed by atoms with E-state index in [-0.39, 0.29) is 23.9 Å². The van der Waals surface area contributed by atoms with Crippen molar-refractivity contribution in [1.82, 2.24) is 14.9 Å². The van der Waals surface area contributed by atoms with Crippen molar-refractivity contribution in [3.8, 4) is 11.1 Å². The first-order valence-corrected chi connectivity index (χ1v) is 11.6. The van der Waals surface area contributed by atoms with Crippen LogP contribution in [0.4, 0.5) is 0 Å². The van der Waals surface area contributed by atoms with Gasteiger partial charge in [-0.2, -0.15) is 0 Å². The Morgan fingerprint density at radius 1 is 0.968 bits per heavy atom. The van der Waals surface area contributed by atoms with E-state index in [0.717, 1.165) is 16.7 Å². The van der Waals surface area contributed by atoms with Gasteiger partial charge in [-0.05, 0) is 24.6 Å². The number of hydrogen-bond acceptors (Lipinski definition) is 6. The lowest BCUT2D eigenvalue weighted by molar-refractivity contribution is 0.0664. The fraction of sp³-hybridized carbons (Fsp3) is 0.130. The number of aromatic nitrogens is 2. The van der Waals surface area contributed by atoms with Gasteiger partial charge in [0.1, 0.15) is 4.83 Å². The highest BCUT2D eigenvalue weighted by molar-refractivity contribution is 7.99. The number of benzene rings is 2. The molecule has 0 unspecified atom stereocenters. The van der Waals surface area contributed by atoms with E-state index in [1.54, 1.807) is 24.3 Å². The molecule has 4 aromatic rings. The molecule has 1 N–H and O–H groups in total. The minimum Gasteiger partial charge on any atom is -0.301 e. The number of amides is 2. The van der Waals surface area contributed by atoms with Crippen molar-refractivity contribution in [2.24, 2.45) is 0 Å². The van der Waals surface area contributed by atoms with Gasteiger partial charge in [-0.1, -0.05) is 53.7 Å². The van der Waals surface area contributed by atoms with Gasteiger partial charge in [0.15, 0.2) is 5.16 Å². The molecular formula is C23H17N3O3S2. The van der Waals surface area contributed by atoms with Crippen LogP contribution in [0.2, 0.25) is 0 Å². The van der Waals surface area contributed by atoms with Crippen LogP contribution in [0.25, 0.3) is 21.3 Å². The molecule has 1 aliphatic heterocycles. The highest BCUT2D eigenvalue weighted by Crippen LogP contribution is 2.32. The van der Waals surface area contributed by atoms with Gasteiger partial charge in [0.05, 0.1) is 16.5 Å². The zero-order valence-corrected chi connectivity index (χ0v) is 18.2. The van der Waals surface area contributed by atoms with Crippen LogP contribution in [-0.2, 0) is 0 Å². The summed E-state index contributed by atoms with van der Waals surface area (Å²) >= 11 is 2.75. The molecule has 31 heavy (non-hydrogen) atoms. The van der Waals surface area contributed by atoms with Crippen molar-refractivity contribution in [3.63, 3.8) is 0 Å². The summed E-state index contributed by atoms with van der Waals surface area (Å²) in [7, 11) is 0. The molecule has 1 aliphatic rings. The molecule has 2 aromatic heterocycles. The summed E-state index contributed by atoms with van der Waals surface area (Å²) in [5.41, 5.74) is 3.70. The first-order valence-electron chi connectivity index (χ1n) is 9.69. The number of imide groups is 1. The summed E-state index contributed by atoms with van der Waals surface area (Å²) in [6.45, 7) is 2.27. The predicted octanol–water partition coefficient (Wildman–Crippen LogP) is 4.35.